The maximum atomic E-state index is 12.7. The second-order valence-corrected chi connectivity index (χ2v) is 8.98. The van der Waals surface area contributed by atoms with Gasteiger partial charge in [-0.05, 0) is 29.7 Å². The van der Waals surface area contributed by atoms with Crippen molar-refractivity contribution in [2.24, 2.45) is 0 Å². The number of benzene rings is 2. The third kappa shape index (κ3) is 5.93. The van der Waals surface area contributed by atoms with Crippen molar-refractivity contribution in [3.8, 4) is 0 Å². The van der Waals surface area contributed by atoms with Crippen molar-refractivity contribution in [1.29, 1.82) is 0 Å². The first-order valence-electron chi connectivity index (χ1n) is 9.49. The Labute approximate surface area is 177 Å². The fourth-order valence-corrected chi connectivity index (χ4v) is 3.83. The topological polar surface area (TPSA) is 95.6 Å². The lowest BCUT2D eigenvalue weighted by atomic mass is 10.0. The molecule has 2 aromatic rings. The van der Waals surface area contributed by atoms with Gasteiger partial charge in [-0.25, -0.2) is 8.42 Å². The molecule has 0 aliphatic heterocycles. The van der Waals surface area contributed by atoms with Gasteiger partial charge in [-0.2, -0.15) is 0 Å². The van der Waals surface area contributed by atoms with Crippen molar-refractivity contribution in [3.63, 3.8) is 0 Å². The number of carbonyl (C=O) groups excluding carboxylic acids is 2. The molecule has 0 bridgehead atoms. The molecule has 7 nitrogen and oxygen atoms in total. The minimum absolute atomic E-state index is 0.0720. The van der Waals surface area contributed by atoms with Crippen LogP contribution in [-0.4, -0.2) is 39.6 Å². The number of hydrogen-bond acceptors (Lipinski definition) is 4. The quantitative estimate of drug-likeness (QED) is 0.599. The van der Waals surface area contributed by atoms with Crippen LogP contribution in [0.4, 0.5) is 11.4 Å². The van der Waals surface area contributed by atoms with Gasteiger partial charge in [-0.3, -0.25) is 13.9 Å². The fourth-order valence-electron chi connectivity index (χ4n) is 2.95. The molecule has 0 heterocycles. The molecule has 8 heteroatoms. The van der Waals surface area contributed by atoms with Crippen LogP contribution >= 0.6 is 0 Å². The predicted molar refractivity (Wildman–Crippen MR) is 120 cm³/mol. The molecule has 2 rings (SSSR count). The molecule has 0 unspecified atom stereocenters. The zero-order valence-corrected chi connectivity index (χ0v) is 18.2. The molecule has 0 aromatic heterocycles. The zero-order valence-electron chi connectivity index (χ0n) is 17.4. The van der Waals surface area contributed by atoms with Crippen LogP contribution in [0.2, 0.25) is 0 Å². The lowest BCUT2D eigenvalue weighted by Gasteiger charge is -2.25. The first-order valence-corrected chi connectivity index (χ1v) is 11.3. The highest BCUT2D eigenvalue weighted by atomic mass is 32.2. The van der Waals surface area contributed by atoms with Gasteiger partial charge in [0.2, 0.25) is 15.9 Å². The largest absolute Gasteiger partial charge is 0.349 e. The van der Waals surface area contributed by atoms with Crippen LogP contribution in [0, 0.1) is 0 Å². The Hall–Kier alpha value is -3.13. The van der Waals surface area contributed by atoms with Crippen LogP contribution < -0.4 is 14.9 Å². The van der Waals surface area contributed by atoms with Crippen molar-refractivity contribution in [3.05, 3.63) is 72.3 Å². The average molecular weight is 430 g/mol. The number of rotatable bonds is 9. The summed E-state index contributed by atoms with van der Waals surface area (Å²) in [7, 11) is -3.72. The van der Waals surface area contributed by atoms with Gasteiger partial charge >= 0.3 is 0 Å². The SMILES string of the molecule is C=CCNC(=O)c1ccccc1NC(=O)CN(c1ccccc1C(C)C)S(C)(=O)=O. The third-order valence-corrected chi connectivity index (χ3v) is 5.49. The van der Waals surface area contributed by atoms with E-state index in [1.165, 1.54) is 0 Å². The number of nitrogens with zero attached hydrogens (tertiary/aromatic N) is 1. The molecule has 2 amide bonds. The van der Waals surface area contributed by atoms with E-state index in [1.807, 2.05) is 26.0 Å². The van der Waals surface area contributed by atoms with E-state index in [9.17, 15) is 18.0 Å². The number of sulfonamides is 1. The van der Waals surface area contributed by atoms with Gasteiger partial charge in [0, 0.05) is 6.54 Å². The van der Waals surface area contributed by atoms with Gasteiger partial charge in [0.05, 0.1) is 23.2 Å². The van der Waals surface area contributed by atoms with Gasteiger partial charge < -0.3 is 10.6 Å². The van der Waals surface area contributed by atoms with Crippen LogP contribution in [0.5, 0.6) is 0 Å². The Kier molecular flexibility index (Phi) is 7.77. The summed E-state index contributed by atoms with van der Waals surface area (Å²) in [5.41, 5.74) is 1.86. The summed E-state index contributed by atoms with van der Waals surface area (Å²) in [6.07, 6.45) is 2.61. The van der Waals surface area contributed by atoms with Crippen LogP contribution in [-0.2, 0) is 14.8 Å². The second-order valence-electron chi connectivity index (χ2n) is 7.08. The second kappa shape index (κ2) is 10.1. The number of carbonyl (C=O) groups is 2. The summed E-state index contributed by atoms with van der Waals surface area (Å²) >= 11 is 0. The van der Waals surface area contributed by atoms with E-state index in [1.54, 1.807) is 42.5 Å². The maximum absolute atomic E-state index is 12.7. The molecule has 0 fully saturated rings. The highest BCUT2D eigenvalue weighted by Gasteiger charge is 2.24. The fraction of sp³-hybridized carbons (Fsp3) is 0.273. The molecule has 0 spiro atoms. The highest BCUT2D eigenvalue weighted by molar-refractivity contribution is 7.92. The van der Waals surface area contributed by atoms with Gasteiger partial charge in [-0.1, -0.05) is 50.3 Å². The van der Waals surface area contributed by atoms with Crippen LogP contribution in [0.15, 0.2) is 61.2 Å². The van der Waals surface area contributed by atoms with Crippen molar-refractivity contribution < 1.29 is 18.0 Å². The molecular formula is C22H27N3O4S. The van der Waals surface area contributed by atoms with E-state index in [0.717, 1.165) is 16.1 Å². The van der Waals surface area contributed by atoms with E-state index in [2.05, 4.69) is 17.2 Å². The Morgan fingerprint density at radius 2 is 1.73 bits per heavy atom. The molecular weight excluding hydrogens is 402 g/mol. The van der Waals surface area contributed by atoms with Crippen molar-refractivity contribution in [2.75, 3.05) is 29.0 Å². The van der Waals surface area contributed by atoms with Gasteiger partial charge in [0.25, 0.3) is 5.91 Å². The number of nitrogens with one attached hydrogen (secondary N) is 2. The van der Waals surface area contributed by atoms with E-state index >= 15 is 0 Å². The van der Waals surface area contributed by atoms with E-state index in [4.69, 9.17) is 0 Å². The molecule has 0 saturated carbocycles. The molecule has 30 heavy (non-hydrogen) atoms. The Bertz CT molecular complexity index is 1030. The first-order chi connectivity index (χ1) is 14.1. The summed E-state index contributed by atoms with van der Waals surface area (Å²) in [5, 5.41) is 5.32. The van der Waals surface area contributed by atoms with Crippen molar-refractivity contribution in [2.45, 2.75) is 19.8 Å². The molecule has 0 aliphatic rings. The average Bonchev–Trinajstić information content (AvgIpc) is 2.69. The Morgan fingerprint density at radius 1 is 1.10 bits per heavy atom. The lowest BCUT2D eigenvalue weighted by molar-refractivity contribution is -0.114. The van der Waals surface area contributed by atoms with E-state index in [0.29, 0.717) is 11.4 Å². The Balaban J connectivity index is 2.30. The first kappa shape index (κ1) is 23.2. The summed E-state index contributed by atoms with van der Waals surface area (Å²) in [5.74, 6) is -0.846. The summed E-state index contributed by atoms with van der Waals surface area (Å²) in [4.78, 5) is 25.1. The van der Waals surface area contributed by atoms with Crippen molar-refractivity contribution >= 4 is 33.2 Å². The molecule has 0 saturated heterocycles. The number of anilines is 2. The summed E-state index contributed by atoms with van der Waals surface area (Å²) in [6.45, 7) is 7.34. The normalized spacial score (nSPS) is 11.1. The smallest absolute Gasteiger partial charge is 0.253 e. The van der Waals surface area contributed by atoms with Crippen LogP contribution in [0.25, 0.3) is 0 Å². The predicted octanol–water partition coefficient (Wildman–Crippen LogP) is 3.13. The number of amides is 2. The van der Waals surface area contributed by atoms with Crippen LogP contribution in [0.3, 0.4) is 0 Å². The zero-order chi connectivity index (χ0) is 22.3. The van der Waals surface area contributed by atoms with Gasteiger partial charge in [0.15, 0.2) is 0 Å². The molecule has 160 valence electrons. The minimum atomic E-state index is -3.72. The van der Waals surface area contributed by atoms with Crippen LogP contribution in [0.1, 0.15) is 35.7 Å². The molecule has 2 N–H and O–H groups in total. The monoisotopic (exact) mass is 429 g/mol. The molecule has 0 atom stereocenters. The maximum Gasteiger partial charge on any atom is 0.253 e. The number of hydrogen-bond donors (Lipinski definition) is 2. The third-order valence-electron chi connectivity index (χ3n) is 4.37. The summed E-state index contributed by atoms with van der Waals surface area (Å²) in [6, 6.07) is 13.6. The lowest BCUT2D eigenvalue weighted by Crippen LogP contribution is -2.38. The summed E-state index contributed by atoms with van der Waals surface area (Å²) < 4.78 is 26.0. The van der Waals surface area contributed by atoms with Gasteiger partial charge in [-0.15, -0.1) is 6.58 Å². The molecule has 0 radical (unpaired) electrons. The standard InChI is InChI=1S/C22H27N3O4S/c1-5-14-23-22(27)18-11-6-8-12-19(18)24-21(26)15-25(30(4,28)29)20-13-9-7-10-17(20)16(2)3/h5-13,16H,1,14-15H2,2-4H3,(H,23,27)(H,24,26). The van der Waals surface area contributed by atoms with E-state index < -0.39 is 22.5 Å². The molecule has 2 aromatic carbocycles. The van der Waals surface area contributed by atoms with Gasteiger partial charge in [0.1, 0.15) is 6.54 Å². The number of para-hydroxylation sites is 2. The highest BCUT2D eigenvalue weighted by Crippen LogP contribution is 2.29. The van der Waals surface area contributed by atoms with Crippen molar-refractivity contribution in [1.82, 2.24) is 5.32 Å². The van der Waals surface area contributed by atoms with E-state index in [-0.39, 0.29) is 23.9 Å². The Morgan fingerprint density at radius 3 is 2.37 bits per heavy atom. The minimum Gasteiger partial charge on any atom is -0.349 e. The molecule has 0 aliphatic carbocycles.